The van der Waals surface area contributed by atoms with Crippen LogP contribution < -0.4 is 0 Å². The lowest BCUT2D eigenvalue weighted by Gasteiger charge is -2.49. The highest BCUT2D eigenvalue weighted by Crippen LogP contribution is 2.53. The molecule has 1 N–H and O–H groups in total. The van der Waals surface area contributed by atoms with Crippen LogP contribution >= 0.6 is 0 Å². The van der Waals surface area contributed by atoms with E-state index in [0.29, 0.717) is 12.8 Å². The van der Waals surface area contributed by atoms with Gasteiger partial charge in [-0.2, -0.15) is 0 Å². The molecule has 0 radical (unpaired) electrons. The molecule has 1 aliphatic carbocycles. The first kappa shape index (κ1) is 17.4. The third-order valence-electron chi connectivity index (χ3n) is 4.73. The molecule has 22 heavy (non-hydrogen) atoms. The van der Waals surface area contributed by atoms with Crippen LogP contribution in [0.1, 0.15) is 26.2 Å². The lowest BCUT2D eigenvalue weighted by atomic mass is 9.60. The van der Waals surface area contributed by atoms with E-state index in [1.165, 1.54) is 12.1 Å². The van der Waals surface area contributed by atoms with Gasteiger partial charge in [-0.1, -0.05) is 25.1 Å². The molecule has 3 atom stereocenters. The molecule has 0 heterocycles. The average Bonchev–Trinajstić information content (AvgIpc) is 2.43. The van der Waals surface area contributed by atoms with E-state index >= 15 is 0 Å². The second kappa shape index (κ2) is 5.94. The maximum absolute atomic E-state index is 12.9. The largest absolute Gasteiger partial charge is 0.396 e. The number of sulfone groups is 2. The Morgan fingerprint density at radius 3 is 2.23 bits per heavy atom. The van der Waals surface area contributed by atoms with Crippen LogP contribution in [-0.2, 0) is 19.7 Å². The van der Waals surface area contributed by atoms with Crippen molar-refractivity contribution in [3.8, 4) is 0 Å². The normalized spacial score (nSPS) is 27.1. The van der Waals surface area contributed by atoms with Gasteiger partial charge in [-0.05, 0) is 42.7 Å². The van der Waals surface area contributed by atoms with Crippen LogP contribution in [0.3, 0.4) is 0 Å². The molecule has 1 unspecified atom stereocenters. The third kappa shape index (κ3) is 3.07. The molecule has 2 rings (SSSR count). The topological polar surface area (TPSA) is 88.5 Å². The summed E-state index contributed by atoms with van der Waals surface area (Å²) in [7, 11) is -7.77. The number of hydrogen-bond acceptors (Lipinski definition) is 5. The highest BCUT2D eigenvalue weighted by atomic mass is 32.3. The summed E-state index contributed by atoms with van der Waals surface area (Å²) in [6, 6.07) is 7.71. The lowest BCUT2D eigenvalue weighted by molar-refractivity contribution is 0.0311. The minimum atomic E-state index is -3.98. The Kier molecular flexibility index (Phi) is 4.71. The first-order valence-electron chi connectivity index (χ1n) is 7.21. The van der Waals surface area contributed by atoms with Crippen molar-refractivity contribution in [2.75, 3.05) is 12.9 Å². The first-order valence-corrected chi connectivity index (χ1v) is 10.7. The van der Waals surface area contributed by atoms with Gasteiger partial charge in [-0.3, -0.25) is 0 Å². The molecule has 1 saturated carbocycles. The summed E-state index contributed by atoms with van der Waals surface area (Å²) >= 11 is 0. The SMILES string of the molecule is C[C@]1(CCO)CC[C@H]1C(S(C)(=O)=O)S(=O)(=O)c1ccccc1. The predicted molar refractivity (Wildman–Crippen MR) is 84.8 cm³/mol. The zero-order valence-electron chi connectivity index (χ0n) is 12.8. The van der Waals surface area contributed by atoms with E-state index in [0.717, 1.165) is 12.7 Å². The Morgan fingerprint density at radius 2 is 1.82 bits per heavy atom. The van der Waals surface area contributed by atoms with Gasteiger partial charge in [0.2, 0.25) is 0 Å². The standard InChI is InChI=1S/C15H22O5S2/c1-15(10-11-16)9-8-13(15)14(21(2,17)18)22(19,20)12-6-4-3-5-7-12/h3-7,13-14,16H,8-11H2,1-2H3/t13-,14?,15+/m0/s1. The number of benzene rings is 1. The van der Waals surface area contributed by atoms with Crippen molar-refractivity contribution in [1.29, 1.82) is 0 Å². The quantitative estimate of drug-likeness (QED) is 0.846. The maximum Gasteiger partial charge on any atom is 0.195 e. The molecule has 0 spiro atoms. The minimum Gasteiger partial charge on any atom is -0.396 e. The highest BCUT2D eigenvalue weighted by molar-refractivity contribution is 8.08. The molecule has 0 aromatic heterocycles. The molecular weight excluding hydrogens is 324 g/mol. The van der Waals surface area contributed by atoms with Crippen LogP contribution in [-0.4, -0.2) is 39.4 Å². The number of aliphatic hydroxyl groups excluding tert-OH is 1. The van der Waals surface area contributed by atoms with Crippen molar-refractivity contribution < 1.29 is 21.9 Å². The number of aliphatic hydroxyl groups is 1. The summed E-state index contributed by atoms with van der Waals surface area (Å²) in [5.41, 5.74) is -0.454. The van der Waals surface area contributed by atoms with Gasteiger partial charge >= 0.3 is 0 Å². The molecule has 1 aromatic carbocycles. The first-order chi connectivity index (χ1) is 10.1. The predicted octanol–water partition coefficient (Wildman–Crippen LogP) is 1.63. The lowest BCUT2D eigenvalue weighted by Crippen LogP contribution is -2.51. The molecule has 0 aliphatic heterocycles. The summed E-state index contributed by atoms with van der Waals surface area (Å²) in [6.07, 6.45) is 2.67. The van der Waals surface area contributed by atoms with Crippen molar-refractivity contribution in [3.63, 3.8) is 0 Å². The van der Waals surface area contributed by atoms with Crippen LogP contribution in [0, 0.1) is 11.3 Å². The van der Waals surface area contributed by atoms with Gasteiger partial charge in [-0.15, -0.1) is 0 Å². The summed E-state index contributed by atoms with van der Waals surface area (Å²) in [6.45, 7) is 1.78. The number of rotatable bonds is 6. The van der Waals surface area contributed by atoms with Crippen molar-refractivity contribution >= 4 is 19.7 Å². The summed E-state index contributed by atoms with van der Waals surface area (Å²) < 4.78 is 48.7. The van der Waals surface area contributed by atoms with E-state index in [1.807, 2.05) is 6.92 Å². The zero-order chi connectivity index (χ0) is 16.6. The molecule has 5 nitrogen and oxygen atoms in total. The molecule has 0 saturated heterocycles. The summed E-state index contributed by atoms with van der Waals surface area (Å²) in [4.78, 5) is 0.0312. The van der Waals surface area contributed by atoms with Crippen LogP contribution in [0.4, 0.5) is 0 Å². The monoisotopic (exact) mass is 346 g/mol. The van der Waals surface area contributed by atoms with Crippen molar-refractivity contribution in [2.45, 2.75) is 35.7 Å². The van der Waals surface area contributed by atoms with E-state index in [9.17, 15) is 21.9 Å². The van der Waals surface area contributed by atoms with Crippen LogP contribution in [0.15, 0.2) is 35.2 Å². The van der Waals surface area contributed by atoms with Gasteiger partial charge < -0.3 is 5.11 Å². The third-order valence-corrected chi connectivity index (χ3v) is 9.58. The van der Waals surface area contributed by atoms with Gasteiger partial charge in [0.1, 0.15) is 0 Å². The molecule has 1 fully saturated rings. The fourth-order valence-corrected chi connectivity index (χ4v) is 8.26. The van der Waals surface area contributed by atoms with Crippen LogP contribution in [0.2, 0.25) is 0 Å². The molecule has 1 aromatic rings. The Hall–Kier alpha value is -0.920. The van der Waals surface area contributed by atoms with E-state index in [2.05, 4.69) is 0 Å². The Bertz CT molecular complexity index is 724. The van der Waals surface area contributed by atoms with Gasteiger partial charge in [0.15, 0.2) is 24.3 Å². The van der Waals surface area contributed by atoms with Crippen molar-refractivity contribution in [2.24, 2.45) is 11.3 Å². The second-order valence-corrected chi connectivity index (χ2v) is 10.9. The van der Waals surface area contributed by atoms with Gasteiger partial charge in [0.05, 0.1) is 4.90 Å². The zero-order valence-corrected chi connectivity index (χ0v) is 14.4. The smallest absolute Gasteiger partial charge is 0.195 e. The molecule has 124 valence electrons. The maximum atomic E-state index is 12.9. The highest BCUT2D eigenvalue weighted by Gasteiger charge is 2.54. The van der Waals surface area contributed by atoms with Crippen molar-refractivity contribution in [3.05, 3.63) is 30.3 Å². The van der Waals surface area contributed by atoms with Crippen LogP contribution in [0.5, 0.6) is 0 Å². The second-order valence-electron chi connectivity index (χ2n) is 6.33. The molecule has 7 heteroatoms. The van der Waals surface area contributed by atoms with E-state index in [-0.39, 0.29) is 11.5 Å². The van der Waals surface area contributed by atoms with E-state index < -0.39 is 35.6 Å². The van der Waals surface area contributed by atoms with E-state index in [4.69, 9.17) is 0 Å². The minimum absolute atomic E-state index is 0.0312. The van der Waals surface area contributed by atoms with Gasteiger partial charge in [0.25, 0.3) is 0 Å². The fraction of sp³-hybridized carbons (Fsp3) is 0.600. The van der Waals surface area contributed by atoms with E-state index in [1.54, 1.807) is 18.2 Å². The summed E-state index contributed by atoms with van der Waals surface area (Å²) in [5.74, 6) is -0.486. The Labute approximate surface area is 132 Å². The average molecular weight is 346 g/mol. The Morgan fingerprint density at radius 1 is 1.23 bits per heavy atom. The molecule has 0 amide bonds. The van der Waals surface area contributed by atoms with Gasteiger partial charge in [0, 0.05) is 12.9 Å². The molecule has 1 aliphatic rings. The molecular formula is C15H22O5S2. The Balaban J connectivity index is 2.50. The van der Waals surface area contributed by atoms with Gasteiger partial charge in [-0.25, -0.2) is 16.8 Å². The van der Waals surface area contributed by atoms with Crippen LogP contribution in [0.25, 0.3) is 0 Å². The fourth-order valence-electron chi connectivity index (χ4n) is 3.32. The van der Waals surface area contributed by atoms with Crippen molar-refractivity contribution in [1.82, 2.24) is 0 Å². The molecule has 0 bridgehead atoms. The number of hydrogen-bond donors (Lipinski definition) is 1. The summed E-state index contributed by atoms with van der Waals surface area (Å²) in [5, 5.41) is 9.19.